The number of carbonyl (C=O) groups is 1. The molecular formula is C18H13BrCl2N2O3. The van der Waals surface area contributed by atoms with Gasteiger partial charge in [0, 0.05) is 15.1 Å². The van der Waals surface area contributed by atoms with E-state index in [1.165, 1.54) is 12.3 Å². The minimum atomic E-state index is -0.451. The SMILES string of the molecule is C#CCOc1ccc(Br)cc1/C=N\NC(=O)COc1ccc(Cl)cc1Cl. The number of rotatable bonds is 7. The molecule has 1 amide bonds. The molecule has 2 aromatic rings. The summed E-state index contributed by atoms with van der Waals surface area (Å²) in [6.07, 6.45) is 6.64. The van der Waals surface area contributed by atoms with E-state index in [2.05, 4.69) is 32.4 Å². The van der Waals surface area contributed by atoms with Crippen LogP contribution in [0.5, 0.6) is 11.5 Å². The third-order valence-electron chi connectivity index (χ3n) is 2.93. The number of terminal acetylenes is 1. The van der Waals surface area contributed by atoms with Gasteiger partial charge in [-0.25, -0.2) is 5.43 Å². The molecule has 0 radical (unpaired) electrons. The predicted molar refractivity (Wildman–Crippen MR) is 106 cm³/mol. The van der Waals surface area contributed by atoms with Crippen LogP contribution in [0.4, 0.5) is 0 Å². The smallest absolute Gasteiger partial charge is 0.277 e. The summed E-state index contributed by atoms with van der Waals surface area (Å²) in [5.74, 6) is 2.84. The van der Waals surface area contributed by atoms with Gasteiger partial charge >= 0.3 is 0 Å². The highest BCUT2D eigenvalue weighted by Crippen LogP contribution is 2.27. The molecule has 134 valence electrons. The maximum atomic E-state index is 11.8. The monoisotopic (exact) mass is 454 g/mol. The number of hydrogen-bond acceptors (Lipinski definition) is 4. The number of nitrogens with zero attached hydrogens (tertiary/aromatic N) is 1. The molecule has 0 aliphatic rings. The maximum absolute atomic E-state index is 11.8. The zero-order chi connectivity index (χ0) is 18.9. The van der Waals surface area contributed by atoms with Gasteiger partial charge in [0.2, 0.25) is 0 Å². The van der Waals surface area contributed by atoms with Crippen molar-refractivity contribution in [2.75, 3.05) is 13.2 Å². The topological polar surface area (TPSA) is 59.9 Å². The normalized spacial score (nSPS) is 10.4. The number of nitrogens with one attached hydrogen (secondary N) is 1. The lowest BCUT2D eigenvalue weighted by Crippen LogP contribution is -2.24. The van der Waals surface area contributed by atoms with Crippen LogP contribution in [0.25, 0.3) is 0 Å². The minimum absolute atomic E-state index is 0.129. The fourth-order valence-corrected chi connectivity index (χ4v) is 2.65. The molecule has 26 heavy (non-hydrogen) atoms. The van der Waals surface area contributed by atoms with E-state index >= 15 is 0 Å². The summed E-state index contributed by atoms with van der Waals surface area (Å²) < 4.78 is 11.6. The Hall–Kier alpha value is -2.20. The number of hydrogen-bond donors (Lipinski definition) is 1. The van der Waals surface area contributed by atoms with Crippen molar-refractivity contribution in [1.82, 2.24) is 5.43 Å². The first-order chi connectivity index (χ1) is 12.5. The molecule has 0 aromatic heterocycles. The Balaban J connectivity index is 1.92. The molecule has 0 bridgehead atoms. The lowest BCUT2D eigenvalue weighted by atomic mass is 10.2. The van der Waals surface area contributed by atoms with Gasteiger partial charge in [-0.2, -0.15) is 5.10 Å². The van der Waals surface area contributed by atoms with E-state index in [4.69, 9.17) is 39.1 Å². The standard InChI is InChI=1S/C18H13BrCl2N2O3/c1-2-7-25-16-5-3-13(19)8-12(16)10-22-23-18(24)11-26-17-6-4-14(20)9-15(17)21/h1,3-6,8-10H,7,11H2,(H,23,24)/b22-10-. The molecule has 8 heteroatoms. The molecule has 0 atom stereocenters. The molecule has 0 saturated carbocycles. The van der Waals surface area contributed by atoms with Crippen LogP contribution >= 0.6 is 39.1 Å². The average molecular weight is 456 g/mol. The highest BCUT2D eigenvalue weighted by atomic mass is 79.9. The Bertz CT molecular complexity index is 866. The van der Waals surface area contributed by atoms with Gasteiger partial charge in [0.05, 0.1) is 11.2 Å². The Morgan fingerprint density at radius 2 is 2.00 bits per heavy atom. The maximum Gasteiger partial charge on any atom is 0.277 e. The number of amides is 1. The van der Waals surface area contributed by atoms with Crippen LogP contribution in [0.15, 0.2) is 46.0 Å². The summed E-state index contributed by atoms with van der Waals surface area (Å²) in [6.45, 7) is -0.123. The van der Waals surface area contributed by atoms with Crippen LogP contribution < -0.4 is 14.9 Å². The second kappa shape index (κ2) is 10.1. The fraction of sp³-hybridized carbons (Fsp3) is 0.111. The van der Waals surface area contributed by atoms with Crippen molar-refractivity contribution in [1.29, 1.82) is 0 Å². The summed E-state index contributed by atoms with van der Waals surface area (Å²) in [5, 5.41) is 4.69. The zero-order valence-electron chi connectivity index (χ0n) is 13.3. The van der Waals surface area contributed by atoms with E-state index in [0.29, 0.717) is 27.1 Å². The van der Waals surface area contributed by atoms with Gasteiger partial charge < -0.3 is 9.47 Å². The van der Waals surface area contributed by atoms with Crippen molar-refractivity contribution in [3.8, 4) is 23.8 Å². The number of hydrazone groups is 1. The molecule has 0 unspecified atom stereocenters. The molecule has 5 nitrogen and oxygen atoms in total. The molecule has 0 aliphatic heterocycles. The molecule has 2 aromatic carbocycles. The van der Waals surface area contributed by atoms with E-state index < -0.39 is 5.91 Å². The molecule has 0 saturated heterocycles. The van der Waals surface area contributed by atoms with Gasteiger partial charge in [-0.15, -0.1) is 6.42 Å². The van der Waals surface area contributed by atoms with Gasteiger partial charge in [0.15, 0.2) is 6.61 Å². The molecule has 0 aliphatic carbocycles. The van der Waals surface area contributed by atoms with Crippen LogP contribution in [0.3, 0.4) is 0 Å². The fourth-order valence-electron chi connectivity index (χ4n) is 1.81. The number of halogens is 3. The second-order valence-electron chi connectivity index (χ2n) is 4.83. The Labute approximate surface area is 169 Å². The van der Waals surface area contributed by atoms with E-state index in [1.807, 2.05) is 6.07 Å². The summed E-state index contributed by atoms with van der Waals surface area (Å²) in [7, 11) is 0. The first-order valence-electron chi connectivity index (χ1n) is 7.25. The summed E-state index contributed by atoms with van der Waals surface area (Å²) >= 11 is 15.1. The van der Waals surface area contributed by atoms with Gasteiger partial charge in [0.25, 0.3) is 5.91 Å². The minimum Gasteiger partial charge on any atom is -0.482 e. The third-order valence-corrected chi connectivity index (χ3v) is 3.95. The van der Waals surface area contributed by atoms with Gasteiger partial charge in [0.1, 0.15) is 18.1 Å². The first-order valence-corrected chi connectivity index (χ1v) is 8.80. The van der Waals surface area contributed by atoms with Crippen LogP contribution in [0, 0.1) is 12.3 Å². The van der Waals surface area contributed by atoms with Crippen molar-refractivity contribution >= 4 is 51.3 Å². The van der Waals surface area contributed by atoms with Crippen molar-refractivity contribution in [3.63, 3.8) is 0 Å². The van der Waals surface area contributed by atoms with Crippen molar-refractivity contribution in [2.24, 2.45) is 5.10 Å². The lowest BCUT2D eigenvalue weighted by molar-refractivity contribution is -0.123. The number of benzene rings is 2. The van der Waals surface area contributed by atoms with E-state index in [1.54, 1.807) is 24.3 Å². The third kappa shape index (κ3) is 6.26. The average Bonchev–Trinajstić information content (AvgIpc) is 2.60. The molecule has 0 spiro atoms. The lowest BCUT2D eigenvalue weighted by Gasteiger charge is -2.08. The quantitative estimate of drug-likeness (QED) is 0.384. The van der Waals surface area contributed by atoms with Crippen LogP contribution in [0.1, 0.15) is 5.56 Å². The first kappa shape index (κ1) is 20.1. The Morgan fingerprint density at radius 1 is 1.23 bits per heavy atom. The van der Waals surface area contributed by atoms with E-state index in [9.17, 15) is 4.79 Å². The summed E-state index contributed by atoms with van der Waals surface area (Å²) in [4.78, 5) is 11.8. The number of carbonyl (C=O) groups excluding carboxylic acids is 1. The van der Waals surface area contributed by atoms with E-state index in [-0.39, 0.29) is 13.2 Å². The van der Waals surface area contributed by atoms with Crippen molar-refractivity contribution in [3.05, 3.63) is 56.5 Å². The van der Waals surface area contributed by atoms with Gasteiger partial charge in [-0.05, 0) is 36.4 Å². The molecule has 1 N–H and O–H groups in total. The molecule has 2 rings (SSSR count). The Morgan fingerprint density at radius 3 is 2.73 bits per heavy atom. The summed E-state index contributed by atoms with van der Waals surface area (Å²) in [6, 6.07) is 10.1. The molecule has 0 fully saturated rings. The molecule has 0 heterocycles. The van der Waals surface area contributed by atoms with Crippen LogP contribution in [-0.4, -0.2) is 25.3 Å². The molecular weight excluding hydrogens is 443 g/mol. The highest BCUT2D eigenvalue weighted by molar-refractivity contribution is 9.10. The van der Waals surface area contributed by atoms with Gasteiger partial charge in [-0.1, -0.05) is 45.1 Å². The second-order valence-corrected chi connectivity index (χ2v) is 6.59. The van der Waals surface area contributed by atoms with Crippen LogP contribution in [-0.2, 0) is 4.79 Å². The van der Waals surface area contributed by atoms with Gasteiger partial charge in [-0.3, -0.25) is 4.79 Å². The van der Waals surface area contributed by atoms with E-state index in [0.717, 1.165) is 4.47 Å². The van der Waals surface area contributed by atoms with Crippen molar-refractivity contribution in [2.45, 2.75) is 0 Å². The van der Waals surface area contributed by atoms with Crippen molar-refractivity contribution < 1.29 is 14.3 Å². The largest absolute Gasteiger partial charge is 0.482 e. The number of ether oxygens (including phenoxy) is 2. The predicted octanol–water partition coefficient (Wildman–Crippen LogP) is 4.30. The van der Waals surface area contributed by atoms with Crippen LogP contribution in [0.2, 0.25) is 10.0 Å². The highest BCUT2D eigenvalue weighted by Gasteiger charge is 2.06. The Kier molecular flexibility index (Phi) is 7.79. The summed E-state index contributed by atoms with van der Waals surface area (Å²) in [5.41, 5.74) is 3.01. The zero-order valence-corrected chi connectivity index (χ0v) is 16.4.